The lowest BCUT2D eigenvalue weighted by molar-refractivity contribution is -0.147. The summed E-state index contributed by atoms with van der Waals surface area (Å²) in [5.41, 5.74) is -1.48. The smallest absolute Gasteiger partial charge is 0.416 e. The average Bonchev–Trinajstić information content (AvgIpc) is 2.25. The number of aliphatic hydroxyl groups excluding tert-OH is 1. The molecule has 4 nitrogen and oxygen atoms in total. The van der Waals surface area contributed by atoms with Gasteiger partial charge in [-0.15, -0.1) is 0 Å². The maximum absolute atomic E-state index is 12.4. The molecule has 17 heavy (non-hydrogen) atoms. The summed E-state index contributed by atoms with van der Waals surface area (Å²) in [6, 6.07) is 2.26. The zero-order valence-electron chi connectivity index (χ0n) is 8.65. The summed E-state index contributed by atoms with van der Waals surface area (Å²) in [7, 11) is 1.17. The van der Waals surface area contributed by atoms with E-state index < -0.39 is 29.4 Å². The highest BCUT2D eigenvalue weighted by Crippen LogP contribution is 2.34. The van der Waals surface area contributed by atoms with Crippen LogP contribution >= 0.6 is 0 Å². The molecule has 1 rings (SSSR count). The zero-order chi connectivity index (χ0) is 13.2. The molecule has 94 valence electrons. The lowest BCUT2D eigenvalue weighted by atomic mass is 10.0. The summed E-state index contributed by atoms with van der Waals surface area (Å²) in [6.45, 7) is 0. The summed E-state index contributed by atoms with van der Waals surface area (Å²) >= 11 is 0. The van der Waals surface area contributed by atoms with Crippen molar-refractivity contribution in [3.05, 3.63) is 29.3 Å². The van der Waals surface area contributed by atoms with Gasteiger partial charge in [0.2, 0.25) is 0 Å². The number of methoxy groups -OCH3 is 1. The van der Waals surface area contributed by atoms with Crippen LogP contribution in [-0.2, 0) is 11.0 Å². The van der Waals surface area contributed by atoms with Crippen LogP contribution in [0.1, 0.15) is 17.2 Å². The Bertz CT molecular complexity index is 428. The number of alkyl halides is 3. The minimum atomic E-state index is -4.61. The topological polar surface area (TPSA) is 66.8 Å². The Morgan fingerprint density at radius 3 is 2.41 bits per heavy atom. The Kier molecular flexibility index (Phi) is 3.62. The molecule has 0 spiro atoms. The van der Waals surface area contributed by atoms with E-state index in [4.69, 9.17) is 9.84 Å². The molecule has 1 aromatic rings. The van der Waals surface area contributed by atoms with Crippen molar-refractivity contribution >= 4 is 5.97 Å². The first-order valence-corrected chi connectivity index (χ1v) is 4.43. The zero-order valence-corrected chi connectivity index (χ0v) is 8.65. The number of rotatable bonds is 3. The molecule has 0 amide bonds. The van der Waals surface area contributed by atoms with Gasteiger partial charge in [0.05, 0.1) is 12.7 Å². The van der Waals surface area contributed by atoms with Gasteiger partial charge in [-0.25, -0.2) is 4.79 Å². The fraction of sp³-hybridized carbons (Fsp3) is 0.300. The van der Waals surface area contributed by atoms with Crippen LogP contribution in [-0.4, -0.2) is 23.3 Å². The summed E-state index contributed by atoms with van der Waals surface area (Å²) in [5.74, 6) is -1.77. The fourth-order valence-electron chi connectivity index (χ4n) is 1.26. The molecule has 0 aromatic heterocycles. The number of benzene rings is 1. The van der Waals surface area contributed by atoms with Crippen LogP contribution in [0.3, 0.4) is 0 Å². The lowest BCUT2D eigenvalue weighted by Crippen LogP contribution is -2.14. The predicted molar refractivity (Wildman–Crippen MR) is 50.6 cm³/mol. The predicted octanol–water partition coefficient (Wildman–Crippen LogP) is 1.83. The third-order valence-corrected chi connectivity index (χ3v) is 2.09. The highest BCUT2D eigenvalue weighted by molar-refractivity contribution is 5.75. The highest BCUT2D eigenvalue weighted by Gasteiger charge is 2.32. The van der Waals surface area contributed by atoms with E-state index in [1.165, 1.54) is 7.11 Å². The second-order valence-electron chi connectivity index (χ2n) is 3.20. The highest BCUT2D eigenvalue weighted by atomic mass is 19.4. The lowest BCUT2D eigenvalue weighted by Gasteiger charge is -2.14. The van der Waals surface area contributed by atoms with E-state index in [9.17, 15) is 23.1 Å². The Morgan fingerprint density at radius 1 is 1.41 bits per heavy atom. The molecular weight excluding hydrogens is 241 g/mol. The molecule has 0 aliphatic rings. The van der Waals surface area contributed by atoms with E-state index in [1.54, 1.807) is 0 Å². The number of carbonyl (C=O) groups is 1. The van der Waals surface area contributed by atoms with E-state index in [1.807, 2.05) is 0 Å². The Hall–Kier alpha value is -1.76. The van der Waals surface area contributed by atoms with E-state index in [0.29, 0.717) is 6.07 Å². The molecule has 7 heteroatoms. The van der Waals surface area contributed by atoms with Gasteiger partial charge in [0.25, 0.3) is 0 Å². The third-order valence-electron chi connectivity index (χ3n) is 2.09. The van der Waals surface area contributed by atoms with Crippen molar-refractivity contribution in [2.45, 2.75) is 12.3 Å². The molecule has 0 saturated heterocycles. The second-order valence-corrected chi connectivity index (χ2v) is 3.20. The minimum Gasteiger partial charge on any atom is -0.496 e. The molecule has 0 radical (unpaired) electrons. The Morgan fingerprint density at radius 2 is 2.00 bits per heavy atom. The van der Waals surface area contributed by atoms with E-state index in [2.05, 4.69) is 0 Å². The van der Waals surface area contributed by atoms with Crippen LogP contribution in [0.2, 0.25) is 0 Å². The number of halogens is 3. The first kappa shape index (κ1) is 13.3. The summed E-state index contributed by atoms with van der Waals surface area (Å²) in [6.07, 6.45) is -6.67. The maximum Gasteiger partial charge on any atom is 0.416 e. The van der Waals surface area contributed by atoms with E-state index in [-0.39, 0.29) is 5.75 Å². The normalized spacial score (nSPS) is 13.2. The van der Waals surface area contributed by atoms with Crippen molar-refractivity contribution in [1.82, 2.24) is 0 Å². The average molecular weight is 250 g/mol. The summed E-state index contributed by atoms with van der Waals surface area (Å²) in [4.78, 5) is 10.5. The number of ether oxygens (including phenoxy) is 1. The molecule has 0 aliphatic heterocycles. The first-order chi connectivity index (χ1) is 7.77. The maximum atomic E-state index is 12.4. The van der Waals surface area contributed by atoms with Crippen molar-refractivity contribution in [3.63, 3.8) is 0 Å². The van der Waals surface area contributed by atoms with Crippen molar-refractivity contribution in [2.75, 3.05) is 7.11 Å². The van der Waals surface area contributed by atoms with Crippen LogP contribution in [0.5, 0.6) is 5.75 Å². The van der Waals surface area contributed by atoms with Crippen molar-refractivity contribution in [1.29, 1.82) is 0 Å². The molecule has 0 bridgehead atoms. The monoisotopic (exact) mass is 250 g/mol. The number of hydrogen-bond donors (Lipinski definition) is 2. The van der Waals surface area contributed by atoms with E-state index >= 15 is 0 Å². The van der Waals surface area contributed by atoms with Gasteiger partial charge in [-0.2, -0.15) is 13.2 Å². The van der Waals surface area contributed by atoms with E-state index in [0.717, 1.165) is 12.1 Å². The van der Waals surface area contributed by atoms with Crippen LogP contribution < -0.4 is 4.74 Å². The van der Waals surface area contributed by atoms with Crippen molar-refractivity contribution in [2.24, 2.45) is 0 Å². The molecule has 0 aliphatic carbocycles. The van der Waals surface area contributed by atoms with Gasteiger partial charge >= 0.3 is 12.1 Å². The van der Waals surface area contributed by atoms with Crippen LogP contribution in [0, 0.1) is 0 Å². The Labute approximate surface area is 94.3 Å². The van der Waals surface area contributed by atoms with Gasteiger partial charge < -0.3 is 14.9 Å². The van der Waals surface area contributed by atoms with Gasteiger partial charge in [-0.3, -0.25) is 0 Å². The molecule has 0 fully saturated rings. The van der Waals surface area contributed by atoms with Gasteiger partial charge in [-0.1, -0.05) is 0 Å². The molecule has 1 unspecified atom stereocenters. The van der Waals surface area contributed by atoms with Crippen molar-refractivity contribution in [3.8, 4) is 5.75 Å². The first-order valence-electron chi connectivity index (χ1n) is 4.43. The SMILES string of the molecule is COc1ccc(C(F)(F)F)cc1C(O)C(=O)O. The van der Waals surface area contributed by atoms with Gasteiger partial charge in [0, 0.05) is 5.56 Å². The van der Waals surface area contributed by atoms with Gasteiger partial charge in [-0.05, 0) is 18.2 Å². The van der Waals surface area contributed by atoms with Crippen LogP contribution in [0.25, 0.3) is 0 Å². The molecule has 0 heterocycles. The number of aliphatic carboxylic acids is 1. The summed E-state index contributed by atoms with van der Waals surface area (Å²) in [5, 5.41) is 17.8. The minimum absolute atomic E-state index is 0.118. The van der Waals surface area contributed by atoms with Crippen LogP contribution in [0.15, 0.2) is 18.2 Å². The quantitative estimate of drug-likeness (QED) is 0.858. The molecule has 1 aromatic carbocycles. The standard InChI is InChI=1S/C10H9F3O4/c1-17-7-3-2-5(10(11,12)13)4-6(7)8(14)9(15)16/h2-4,8,14H,1H3,(H,15,16). The third kappa shape index (κ3) is 2.88. The van der Waals surface area contributed by atoms with Gasteiger partial charge in [0.1, 0.15) is 5.75 Å². The molecule has 2 N–H and O–H groups in total. The number of aliphatic hydroxyl groups is 1. The molecule has 1 atom stereocenters. The number of hydrogen-bond acceptors (Lipinski definition) is 3. The van der Waals surface area contributed by atoms with Crippen molar-refractivity contribution < 1.29 is 32.9 Å². The second kappa shape index (κ2) is 4.62. The molecule has 0 saturated carbocycles. The van der Waals surface area contributed by atoms with Gasteiger partial charge in [0.15, 0.2) is 6.10 Å². The Balaban J connectivity index is 3.29. The largest absolute Gasteiger partial charge is 0.496 e. The summed E-state index contributed by atoms with van der Waals surface area (Å²) < 4.78 is 41.9. The fourth-order valence-corrected chi connectivity index (χ4v) is 1.26. The number of carboxylic acid groups (broad SMARTS) is 1. The number of carboxylic acids is 1. The van der Waals surface area contributed by atoms with Crippen LogP contribution in [0.4, 0.5) is 13.2 Å². The molecular formula is C10H9F3O4.